The molecule has 2 N–H and O–H groups in total. The third kappa shape index (κ3) is 3.28. The highest BCUT2D eigenvalue weighted by atomic mass is 35.5. The van der Waals surface area contributed by atoms with Crippen molar-refractivity contribution in [2.75, 3.05) is 31.3 Å². The van der Waals surface area contributed by atoms with Crippen LogP contribution >= 0.6 is 11.6 Å². The van der Waals surface area contributed by atoms with Crippen molar-refractivity contribution < 1.29 is 4.74 Å². The van der Waals surface area contributed by atoms with E-state index in [1.807, 2.05) is 7.05 Å². The van der Waals surface area contributed by atoms with E-state index < -0.39 is 0 Å². The molecule has 0 spiro atoms. The molecule has 1 aliphatic rings. The van der Waals surface area contributed by atoms with Gasteiger partial charge in [0, 0.05) is 20.7 Å². The number of nitrogens with one attached hydrogen (secondary N) is 2. The van der Waals surface area contributed by atoms with Crippen molar-refractivity contribution in [1.29, 1.82) is 0 Å². The van der Waals surface area contributed by atoms with Gasteiger partial charge in [0.05, 0.1) is 5.60 Å². The second kappa shape index (κ2) is 6.39. The summed E-state index contributed by atoms with van der Waals surface area (Å²) in [6.07, 6.45) is 7.38. The average molecular weight is 285 g/mol. The quantitative estimate of drug-likeness (QED) is 0.814. The van der Waals surface area contributed by atoms with Gasteiger partial charge in [-0.25, -0.2) is 9.97 Å². The van der Waals surface area contributed by atoms with Gasteiger partial charge in [0.15, 0.2) is 11.0 Å². The molecule has 1 heterocycles. The molecule has 0 unspecified atom stereocenters. The molecule has 0 aliphatic heterocycles. The van der Waals surface area contributed by atoms with Crippen LogP contribution < -0.4 is 10.6 Å². The number of methoxy groups -OCH3 is 1. The molecule has 0 radical (unpaired) electrons. The molecule has 0 saturated heterocycles. The van der Waals surface area contributed by atoms with Crippen LogP contribution in [-0.4, -0.2) is 36.3 Å². The van der Waals surface area contributed by atoms with E-state index in [1.54, 1.807) is 7.11 Å². The van der Waals surface area contributed by atoms with Gasteiger partial charge in [0.2, 0.25) is 0 Å². The summed E-state index contributed by atoms with van der Waals surface area (Å²) in [6.45, 7) is 0.742. The lowest BCUT2D eigenvalue weighted by Gasteiger charge is -2.36. The monoisotopic (exact) mass is 284 g/mol. The van der Waals surface area contributed by atoms with E-state index in [4.69, 9.17) is 16.3 Å². The van der Waals surface area contributed by atoms with Crippen LogP contribution in [0.25, 0.3) is 0 Å². The molecule has 0 bridgehead atoms. The zero-order valence-electron chi connectivity index (χ0n) is 11.5. The molecule has 1 aromatic heterocycles. The topological polar surface area (TPSA) is 59.1 Å². The van der Waals surface area contributed by atoms with E-state index in [0.29, 0.717) is 5.15 Å². The maximum absolute atomic E-state index is 6.03. The van der Waals surface area contributed by atoms with Crippen molar-refractivity contribution in [2.24, 2.45) is 0 Å². The highest BCUT2D eigenvalue weighted by Crippen LogP contribution is 2.32. The SMILES string of the molecule is CNc1c(Cl)ncnc1NCC1(OC)CCCCC1. The first-order valence-electron chi connectivity index (χ1n) is 6.68. The summed E-state index contributed by atoms with van der Waals surface area (Å²) in [6, 6.07) is 0. The molecule has 0 aromatic carbocycles. The van der Waals surface area contributed by atoms with E-state index in [1.165, 1.54) is 25.6 Å². The fourth-order valence-electron chi connectivity index (χ4n) is 2.61. The Labute approximate surface area is 119 Å². The fraction of sp³-hybridized carbons (Fsp3) is 0.692. The standard InChI is InChI=1S/C13H21ClN4O/c1-15-10-11(14)17-9-18-12(10)16-8-13(19-2)6-4-3-5-7-13/h9,15H,3-8H2,1-2H3,(H,16,17,18). The number of ether oxygens (including phenoxy) is 1. The molecule has 0 atom stereocenters. The molecule has 106 valence electrons. The number of aromatic nitrogens is 2. The molecule has 2 rings (SSSR count). The molecule has 1 saturated carbocycles. The maximum Gasteiger partial charge on any atom is 0.157 e. The van der Waals surface area contributed by atoms with Crippen molar-refractivity contribution in [3.63, 3.8) is 0 Å². The van der Waals surface area contributed by atoms with Crippen LogP contribution in [0.1, 0.15) is 32.1 Å². The molecule has 0 amide bonds. The summed E-state index contributed by atoms with van der Waals surface area (Å²) in [4.78, 5) is 8.20. The molecule has 1 aromatic rings. The summed E-state index contributed by atoms with van der Waals surface area (Å²) in [5.74, 6) is 0.726. The van der Waals surface area contributed by atoms with Crippen molar-refractivity contribution in [3.05, 3.63) is 11.5 Å². The van der Waals surface area contributed by atoms with E-state index >= 15 is 0 Å². The summed E-state index contributed by atoms with van der Waals surface area (Å²) in [5, 5.41) is 6.79. The molecular weight excluding hydrogens is 264 g/mol. The van der Waals surface area contributed by atoms with Gasteiger partial charge < -0.3 is 15.4 Å². The summed E-state index contributed by atoms with van der Waals surface area (Å²) < 4.78 is 5.74. The van der Waals surface area contributed by atoms with Gasteiger partial charge in [0.1, 0.15) is 12.0 Å². The molecule has 6 heteroatoms. The van der Waals surface area contributed by atoms with Crippen LogP contribution in [0.2, 0.25) is 5.15 Å². The third-order valence-electron chi connectivity index (χ3n) is 3.83. The van der Waals surface area contributed by atoms with Gasteiger partial charge in [-0.15, -0.1) is 0 Å². The Balaban J connectivity index is 2.07. The van der Waals surface area contributed by atoms with Crippen molar-refractivity contribution in [1.82, 2.24) is 9.97 Å². The van der Waals surface area contributed by atoms with Gasteiger partial charge >= 0.3 is 0 Å². The Morgan fingerprint density at radius 1 is 1.32 bits per heavy atom. The number of hydrogen-bond acceptors (Lipinski definition) is 5. The number of anilines is 2. The fourth-order valence-corrected chi connectivity index (χ4v) is 2.84. The summed E-state index contributed by atoms with van der Waals surface area (Å²) >= 11 is 6.03. The lowest BCUT2D eigenvalue weighted by atomic mass is 9.84. The van der Waals surface area contributed by atoms with E-state index in [9.17, 15) is 0 Å². The third-order valence-corrected chi connectivity index (χ3v) is 4.11. The second-order valence-corrected chi connectivity index (χ2v) is 5.30. The Kier molecular flexibility index (Phi) is 4.82. The average Bonchev–Trinajstić information content (AvgIpc) is 2.46. The minimum atomic E-state index is -0.0827. The van der Waals surface area contributed by atoms with Crippen LogP contribution in [-0.2, 0) is 4.74 Å². The highest BCUT2D eigenvalue weighted by molar-refractivity contribution is 6.32. The van der Waals surface area contributed by atoms with Gasteiger partial charge in [-0.2, -0.15) is 0 Å². The lowest BCUT2D eigenvalue weighted by molar-refractivity contribution is -0.0279. The number of hydrogen-bond donors (Lipinski definition) is 2. The molecule has 1 aliphatic carbocycles. The minimum absolute atomic E-state index is 0.0827. The zero-order valence-corrected chi connectivity index (χ0v) is 12.3. The minimum Gasteiger partial charge on any atom is -0.383 e. The normalized spacial score (nSPS) is 18.1. The first kappa shape index (κ1) is 14.3. The Morgan fingerprint density at radius 2 is 2.05 bits per heavy atom. The predicted molar refractivity (Wildman–Crippen MR) is 77.9 cm³/mol. The highest BCUT2D eigenvalue weighted by Gasteiger charge is 2.31. The molecule has 5 nitrogen and oxygen atoms in total. The van der Waals surface area contributed by atoms with E-state index in [0.717, 1.165) is 30.9 Å². The Hall–Kier alpha value is -1.07. The van der Waals surface area contributed by atoms with Gasteiger partial charge in [-0.3, -0.25) is 0 Å². The lowest BCUT2D eigenvalue weighted by Crippen LogP contribution is -2.41. The smallest absolute Gasteiger partial charge is 0.157 e. The molecule has 19 heavy (non-hydrogen) atoms. The van der Waals surface area contributed by atoms with Gasteiger partial charge in [-0.1, -0.05) is 30.9 Å². The van der Waals surface area contributed by atoms with Crippen LogP contribution in [0, 0.1) is 0 Å². The van der Waals surface area contributed by atoms with Crippen LogP contribution in [0.5, 0.6) is 0 Å². The first-order valence-corrected chi connectivity index (χ1v) is 7.06. The molecular formula is C13H21ClN4O. The van der Waals surface area contributed by atoms with Crippen molar-refractivity contribution in [3.8, 4) is 0 Å². The first-order chi connectivity index (χ1) is 9.21. The van der Waals surface area contributed by atoms with Crippen LogP contribution in [0.4, 0.5) is 11.5 Å². The second-order valence-electron chi connectivity index (χ2n) is 4.94. The number of rotatable bonds is 5. The zero-order chi connectivity index (χ0) is 13.7. The number of nitrogens with zero attached hydrogens (tertiary/aromatic N) is 2. The van der Waals surface area contributed by atoms with Crippen molar-refractivity contribution >= 4 is 23.1 Å². The maximum atomic E-state index is 6.03. The Morgan fingerprint density at radius 3 is 2.68 bits per heavy atom. The summed E-state index contributed by atoms with van der Waals surface area (Å²) in [7, 11) is 3.60. The van der Waals surface area contributed by atoms with E-state index in [2.05, 4.69) is 20.6 Å². The van der Waals surface area contributed by atoms with E-state index in [-0.39, 0.29) is 5.60 Å². The largest absolute Gasteiger partial charge is 0.383 e. The summed E-state index contributed by atoms with van der Waals surface area (Å²) in [5.41, 5.74) is 0.645. The van der Waals surface area contributed by atoms with Crippen LogP contribution in [0.15, 0.2) is 6.33 Å². The van der Waals surface area contributed by atoms with Crippen molar-refractivity contribution in [2.45, 2.75) is 37.7 Å². The number of halogens is 1. The Bertz CT molecular complexity index is 421. The predicted octanol–water partition coefficient (Wildman–Crippen LogP) is 2.93. The van der Waals surface area contributed by atoms with Gasteiger partial charge in [0.25, 0.3) is 0 Å². The van der Waals surface area contributed by atoms with Gasteiger partial charge in [-0.05, 0) is 12.8 Å². The molecule has 1 fully saturated rings. The van der Waals surface area contributed by atoms with Crippen LogP contribution in [0.3, 0.4) is 0 Å².